The number of aromatic nitrogens is 2. The van der Waals surface area contributed by atoms with Crippen molar-refractivity contribution >= 4 is 11.8 Å². The van der Waals surface area contributed by atoms with Crippen molar-refractivity contribution in [2.24, 2.45) is 0 Å². The molecule has 2 heterocycles. The highest BCUT2D eigenvalue weighted by atomic mass is 32.2. The first-order valence-corrected chi connectivity index (χ1v) is 7.14. The minimum absolute atomic E-state index is 0.1000. The van der Waals surface area contributed by atoms with Crippen LogP contribution >= 0.6 is 11.8 Å². The average Bonchev–Trinajstić information content (AvgIpc) is 2.38. The van der Waals surface area contributed by atoms with E-state index in [2.05, 4.69) is 42.1 Å². The number of pyridine rings is 2. The number of hydrogen-bond donors (Lipinski definition) is 1. The first-order chi connectivity index (χ1) is 9.04. The van der Waals surface area contributed by atoms with E-state index in [1.165, 1.54) is 5.56 Å². The molecule has 0 saturated carbocycles. The van der Waals surface area contributed by atoms with Crippen LogP contribution in [0, 0.1) is 0 Å². The zero-order chi connectivity index (χ0) is 13.7. The molecule has 0 aromatic carbocycles. The molecule has 2 aromatic rings. The maximum atomic E-state index is 4.46. The fourth-order valence-corrected chi connectivity index (χ4v) is 2.36. The minimum Gasteiger partial charge on any atom is -0.308 e. The number of rotatable bonds is 4. The molecule has 0 atom stereocenters. The van der Waals surface area contributed by atoms with Crippen molar-refractivity contribution in [3.63, 3.8) is 0 Å². The Bertz CT molecular complexity index is 520. The van der Waals surface area contributed by atoms with Crippen LogP contribution < -0.4 is 5.32 Å². The molecule has 0 aliphatic carbocycles. The second-order valence-corrected chi connectivity index (χ2v) is 6.35. The van der Waals surface area contributed by atoms with E-state index in [0.29, 0.717) is 0 Å². The van der Waals surface area contributed by atoms with E-state index < -0.39 is 0 Å². The molecule has 3 nitrogen and oxygen atoms in total. The van der Waals surface area contributed by atoms with Gasteiger partial charge in [0.25, 0.3) is 0 Å². The van der Waals surface area contributed by atoms with Gasteiger partial charge in [-0.3, -0.25) is 0 Å². The van der Waals surface area contributed by atoms with Gasteiger partial charge < -0.3 is 5.32 Å². The van der Waals surface area contributed by atoms with E-state index in [9.17, 15) is 0 Å². The molecule has 2 aromatic heterocycles. The Morgan fingerprint density at radius 2 is 1.84 bits per heavy atom. The molecule has 1 N–H and O–H groups in total. The third-order valence-electron chi connectivity index (χ3n) is 2.50. The average molecular weight is 273 g/mol. The van der Waals surface area contributed by atoms with E-state index in [1.807, 2.05) is 30.5 Å². The van der Waals surface area contributed by atoms with Gasteiger partial charge in [0.1, 0.15) is 10.1 Å². The Morgan fingerprint density at radius 1 is 1.05 bits per heavy atom. The second-order valence-electron chi connectivity index (χ2n) is 5.34. The highest BCUT2D eigenvalue weighted by Crippen LogP contribution is 2.26. The zero-order valence-electron chi connectivity index (χ0n) is 11.6. The van der Waals surface area contributed by atoms with E-state index in [4.69, 9.17) is 0 Å². The van der Waals surface area contributed by atoms with Gasteiger partial charge in [-0.05, 0) is 56.3 Å². The van der Waals surface area contributed by atoms with Crippen LogP contribution in [0.1, 0.15) is 26.3 Å². The van der Waals surface area contributed by atoms with Crippen molar-refractivity contribution in [2.45, 2.75) is 42.9 Å². The molecule has 0 radical (unpaired) electrons. The Balaban J connectivity index is 2.12. The van der Waals surface area contributed by atoms with Gasteiger partial charge in [-0.1, -0.05) is 12.1 Å². The highest BCUT2D eigenvalue weighted by molar-refractivity contribution is 7.99. The molecule has 0 fully saturated rings. The van der Waals surface area contributed by atoms with E-state index >= 15 is 0 Å². The quantitative estimate of drug-likeness (QED) is 0.925. The molecule has 0 unspecified atom stereocenters. The van der Waals surface area contributed by atoms with E-state index in [0.717, 1.165) is 16.6 Å². The van der Waals surface area contributed by atoms with Crippen LogP contribution in [0.3, 0.4) is 0 Å². The Kier molecular flexibility index (Phi) is 4.56. The van der Waals surface area contributed by atoms with E-state index in [1.54, 1.807) is 18.0 Å². The topological polar surface area (TPSA) is 37.8 Å². The zero-order valence-corrected chi connectivity index (χ0v) is 12.4. The number of nitrogens with one attached hydrogen (secondary N) is 1. The van der Waals surface area contributed by atoms with Crippen LogP contribution in [0.5, 0.6) is 0 Å². The number of nitrogens with zero attached hydrogens (tertiary/aromatic N) is 2. The van der Waals surface area contributed by atoms with Crippen LogP contribution in [0.15, 0.2) is 52.8 Å². The predicted octanol–water partition coefficient (Wildman–Crippen LogP) is 3.52. The number of hydrogen-bond acceptors (Lipinski definition) is 4. The molecule has 4 heteroatoms. The van der Waals surface area contributed by atoms with Crippen LogP contribution in [0.2, 0.25) is 0 Å². The first kappa shape index (κ1) is 14.0. The summed E-state index contributed by atoms with van der Waals surface area (Å²) in [4.78, 5) is 8.78. The molecule has 0 aliphatic rings. The van der Waals surface area contributed by atoms with Gasteiger partial charge in [0.15, 0.2) is 0 Å². The summed E-state index contributed by atoms with van der Waals surface area (Å²) in [6.07, 6.45) is 3.63. The normalized spacial score (nSPS) is 11.5. The van der Waals surface area contributed by atoms with Gasteiger partial charge in [0, 0.05) is 24.5 Å². The monoisotopic (exact) mass is 273 g/mol. The molecular weight excluding hydrogens is 254 g/mol. The summed E-state index contributed by atoms with van der Waals surface area (Å²) >= 11 is 1.60. The molecule has 0 saturated heterocycles. The third-order valence-corrected chi connectivity index (χ3v) is 3.51. The summed E-state index contributed by atoms with van der Waals surface area (Å²) in [5.41, 5.74) is 1.30. The Hall–Kier alpha value is -1.39. The second kappa shape index (κ2) is 6.17. The largest absolute Gasteiger partial charge is 0.308 e. The Morgan fingerprint density at radius 3 is 2.53 bits per heavy atom. The van der Waals surface area contributed by atoms with Gasteiger partial charge in [0.2, 0.25) is 0 Å². The molecule has 0 bridgehead atoms. The summed E-state index contributed by atoms with van der Waals surface area (Å²) in [6, 6.07) is 10.00. The van der Waals surface area contributed by atoms with Crippen molar-refractivity contribution in [3.05, 3.63) is 48.3 Å². The van der Waals surface area contributed by atoms with Crippen molar-refractivity contribution < 1.29 is 0 Å². The lowest BCUT2D eigenvalue weighted by atomic mass is 10.1. The maximum absolute atomic E-state index is 4.46. The maximum Gasteiger partial charge on any atom is 0.107 e. The molecule has 100 valence electrons. The minimum atomic E-state index is 0.1000. The fraction of sp³-hybridized carbons (Fsp3) is 0.333. The molecule has 0 aliphatic heterocycles. The van der Waals surface area contributed by atoms with Gasteiger partial charge >= 0.3 is 0 Å². The van der Waals surface area contributed by atoms with Crippen molar-refractivity contribution in [3.8, 4) is 0 Å². The van der Waals surface area contributed by atoms with Gasteiger partial charge in [-0.25, -0.2) is 9.97 Å². The molecular formula is C15H19N3S. The van der Waals surface area contributed by atoms with Crippen molar-refractivity contribution in [1.29, 1.82) is 0 Å². The lowest BCUT2D eigenvalue weighted by molar-refractivity contribution is 0.422. The molecule has 2 rings (SSSR count). The fourth-order valence-electron chi connectivity index (χ4n) is 1.52. The van der Waals surface area contributed by atoms with Gasteiger partial charge in [-0.2, -0.15) is 0 Å². The predicted molar refractivity (Wildman–Crippen MR) is 79.2 cm³/mol. The van der Waals surface area contributed by atoms with Crippen molar-refractivity contribution in [1.82, 2.24) is 15.3 Å². The van der Waals surface area contributed by atoms with Crippen LogP contribution in [-0.2, 0) is 6.54 Å². The first-order valence-electron chi connectivity index (χ1n) is 6.32. The SMILES string of the molecule is CC(C)(C)NCc1cccnc1Sc1ccccn1. The van der Waals surface area contributed by atoms with Gasteiger partial charge in [0.05, 0.1) is 0 Å². The molecule has 0 amide bonds. The third kappa shape index (κ3) is 4.65. The van der Waals surface area contributed by atoms with Crippen molar-refractivity contribution in [2.75, 3.05) is 0 Å². The lowest BCUT2D eigenvalue weighted by Crippen LogP contribution is -2.35. The summed E-state index contributed by atoms with van der Waals surface area (Å²) in [5, 5.41) is 5.47. The standard InChI is InChI=1S/C15H19N3S/c1-15(2,3)18-11-12-7-6-10-17-14(12)19-13-8-4-5-9-16-13/h4-10,18H,11H2,1-3H3. The summed E-state index contributed by atoms with van der Waals surface area (Å²) in [5.74, 6) is 0. The highest BCUT2D eigenvalue weighted by Gasteiger charge is 2.11. The summed E-state index contributed by atoms with van der Waals surface area (Å²) in [7, 11) is 0. The van der Waals surface area contributed by atoms with Crippen LogP contribution in [-0.4, -0.2) is 15.5 Å². The lowest BCUT2D eigenvalue weighted by Gasteiger charge is -2.21. The Labute approximate surface area is 118 Å². The molecule has 19 heavy (non-hydrogen) atoms. The van der Waals surface area contributed by atoms with Gasteiger partial charge in [-0.15, -0.1) is 0 Å². The van der Waals surface area contributed by atoms with Crippen LogP contribution in [0.4, 0.5) is 0 Å². The molecule has 0 spiro atoms. The smallest absolute Gasteiger partial charge is 0.107 e. The summed E-state index contributed by atoms with van der Waals surface area (Å²) < 4.78 is 0. The van der Waals surface area contributed by atoms with Crippen LogP contribution in [0.25, 0.3) is 0 Å². The summed E-state index contributed by atoms with van der Waals surface area (Å²) in [6.45, 7) is 7.30. The van der Waals surface area contributed by atoms with E-state index in [-0.39, 0.29) is 5.54 Å².